The van der Waals surface area contributed by atoms with Crippen molar-refractivity contribution in [3.05, 3.63) is 10.4 Å². The fraction of sp³-hybridized carbons (Fsp3) is 0.909. The fourth-order valence-corrected chi connectivity index (χ4v) is 2.22. The predicted molar refractivity (Wildman–Crippen MR) is 64.6 cm³/mol. The average Bonchev–Trinajstić information content (AvgIpc) is 2.19. The highest BCUT2D eigenvalue weighted by atomic mass is 16.4. The minimum Gasteiger partial charge on any atom is -0.480 e. The number of rotatable bonds is 7. The lowest BCUT2D eigenvalue weighted by atomic mass is 9.64. The second kappa shape index (κ2) is 5.89. The molecule has 0 spiro atoms. The number of azide groups is 1. The van der Waals surface area contributed by atoms with Gasteiger partial charge in [0.15, 0.2) is 0 Å². The van der Waals surface area contributed by atoms with E-state index in [0.717, 1.165) is 0 Å². The van der Waals surface area contributed by atoms with E-state index in [1.54, 1.807) is 0 Å². The van der Waals surface area contributed by atoms with Crippen molar-refractivity contribution in [1.82, 2.24) is 5.32 Å². The summed E-state index contributed by atoms with van der Waals surface area (Å²) < 4.78 is 0. The first kappa shape index (κ1) is 13.8. The van der Waals surface area contributed by atoms with E-state index in [1.807, 2.05) is 0 Å². The van der Waals surface area contributed by atoms with Gasteiger partial charge in [-0.2, -0.15) is 0 Å². The van der Waals surface area contributed by atoms with E-state index >= 15 is 0 Å². The number of nitrogens with zero attached hydrogens (tertiary/aromatic N) is 3. The van der Waals surface area contributed by atoms with E-state index in [-0.39, 0.29) is 0 Å². The molecule has 0 heterocycles. The second-order valence-electron chi connectivity index (χ2n) is 5.03. The van der Waals surface area contributed by atoms with Gasteiger partial charge in [0, 0.05) is 11.5 Å². The first-order valence-corrected chi connectivity index (χ1v) is 6.01. The third-order valence-electron chi connectivity index (χ3n) is 3.54. The summed E-state index contributed by atoms with van der Waals surface area (Å²) in [5.74, 6) is 0.265. The normalized spacial score (nSPS) is 27.4. The third-order valence-corrected chi connectivity index (χ3v) is 3.54. The van der Waals surface area contributed by atoms with Crippen LogP contribution in [-0.4, -0.2) is 29.7 Å². The van der Waals surface area contributed by atoms with Gasteiger partial charge in [-0.3, -0.25) is 4.79 Å². The molecule has 1 aliphatic rings. The van der Waals surface area contributed by atoms with Crippen molar-refractivity contribution in [2.75, 3.05) is 13.1 Å². The number of hydrogen-bond acceptors (Lipinski definition) is 3. The van der Waals surface area contributed by atoms with Crippen molar-refractivity contribution in [1.29, 1.82) is 0 Å². The van der Waals surface area contributed by atoms with Crippen molar-refractivity contribution >= 4 is 5.97 Å². The van der Waals surface area contributed by atoms with Gasteiger partial charge >= 0.3 is 5.97 Å². The van der Waals surface area contributed by atoms with E-state index in [2.05, 4.69) is 29.2 Å². The minimum absolute atomic E-state index is 0.410. The van der Waals surface area contributed by atoms with Gasteiger partial charge in [0.1, 0.15) is 5.54 Å². The maximum atomic E-state index is 11.2. The number of carboxylic acid groups (broad SMARTS) is 1. The van der Waals surface area contributed by atoms with Gasteiger partial charge in [-0.05, 0) is 43.2 Å². The van der Waals surface area contributed by atoms with Crippen LogP contribution in [0.3, 0.4) is 0 Å². The van der Waals surface area contributed by atoms with E-state index < -0.39 is 11.5 Å². The molecule has 6 heteroatoms. The molecule has 0 radical (unpaired) electrons. The highest BCUT2D eigenvalue weighted by Crippen LogP contribution is 2.42. The summed E-state index contributed by atoms with van der Waals surface area (Å²) in [6.07, 6.45) is 2.06. The second-order valence-corrected chi connectivity index (χ2v) is 5.03. The summed E-state index contributed by atoms with van der Waals surface area (Å²) in [6.45, 7) is 5.24. The van der Waals surface area contributed by atoms with Crippen LogP contribution in [0.1, 0.15) is 33.1 Å². The van der Waals surface area contributed by atoms with Crippen molar-refractivity contribution in [2.45, 2.75) is 38.6 Å². The van der Waals surface area contributed by atoms with Crippen LogP contribution in [0.4, 0.5) is 0 Å². The predicted octanol–water partition coefficient (Wildman–Crippen LogP) is 2.17. The summed E-state index contributed by atoms with van der Waals surface area (Å²) >= 11 is 0. The van der Waals surface area contributed by atoms with Gasteiger partial charge in [0.25, 0.3) is 0 Å². The SMILES string of the molecule is CC(C)C1CC(NCCCN=[N+]=[N-])(C(=O)O)C1. The number of carboxylic acids is 1. The van der Waals surface area contributed by atoms with Gasteiger partial charge in [0.2, 0.25) is 0 Å². The zero-order chi connectivity index (χ0) is 12.9. The van der Waals surface area contributed by atoms with Crippen molar-refractivity contribution in [3.8, 4) is 0 Å². The molecule has 1 rings (SSSR count). The molecule has 0 atom stereocenters. The molecular weight excluding hydrogens is 220 g/mol. The topological polar surface area (TPSA) is 98.1 Å². The maximum Gasteiger partial charge on any atom is 0.323 e. The molecule has 0 aromatic rings. The van der Waals surface area contributed by atoms with Gasteiger partial charge in [0.05, 0.1) is 0 Å². The molecule has 0 unspecified atom stereocenters. The first-order chi connectivity index (χ1) is 8.02. The number of carbonyl (C=O) groups is 1. The zero-order valence-electron chi connectivity index (χ0n) is 10.4. The molecule has 1 aliphatic carbocycles. The highest BCUT2D eigenvalue weighted by molar-refractivity contribution is 5.80. The van der Waals surface area contributed by atoms with Gasteiger partial charge in [-0.15, -0.1) is 0 Å². The van der Waals surface area contributed by atoms with Gasteiger partial charge in [-0.1, -0.05) is 19.0 Å². The van der Waals surface area contributed by atoms with Crippen LogP contribution in [0.15, 0.2) is 5.11 Å². The molecule has 6 nitrogen and oxygen atoms in total. The molecule has 1 saturated carbocycles. The summed E-state index contributed by atoms with van der Waals surface area (Å²) in [6, 6.07) is 0. The summed E-state index contributed by atoms with van der Waals surface area (Å²) in [5.41, 5.74) is 7.37. The van der Waals surface area contributed by atoms with Crippen LogP contribution in [0.25, 0.3) is 10.4 Å². The average molecular weight is 240 g/mol. The molecule has 1 fully saturated rings. The molecule has 0 amide bonds. The molecule has 0 bridgehead atoms. The van der Waals surface area contributed by atoms with E-state index in [9.17, 15) is 9.90 Å². The van der Waals surface area contributed by atoms with Crippen molar-refractivity contribution < 1.29 is 9.90 Å². The highest BCUT2D eigenvalue weighted by Gasteiger charge is 2.50. The summed E-state index contributed by atoms with van der Waals surface area (Å²) in [4.78, 5) is 13.9. The Bertz CT molecular complexity index is 317. The minimum atomic E-state index is -0.766. The number of aliphatic carboxylic acids is 1. The van der Waals surface area contributed by atoms with E-state index in [4.69, 9.17) is 5.53 Å². The van der Waals surface area contributed by atoms with Crippen LogP contribution in [0, 0.1) is 11.8 Å². The van der Waals surface area contributed by atoms with Crippen LogP contribution in [-0.2, 0) is 4.79 Å². The summed E-state index contributed by atoms with van der Waals surface area (Å²) in [7, 11) is 0. The van der Waals surface area contributed by atoms with E-state index in [0.29, 0.717) is 44.2 Å². The molecule has 2 N–H and O–H groups in total. The molecular formula is C11H20N4O2. The van der Waals surface area contributed by atoms with E-state index in [1.165, 1.54) is 0 Å². The van der Waals surface area contributed by atoms with Crippen LogP contribution >= 0.6 is 0 Å². The largest absolute Gasteiger partial charge is 0.480 e. The quantitative estimate of drug-likeness (QED) is 0.309. The Labute approximate surface area is 101 Å². The lowest BCUT2D eigenvalue weighted by molar-refractivity contribution is -0.152. The Morgan fingerprint density at radius 1 is 1.65 bits per heavy atom. The monoisotopic (exact) mass is 240 g/mol. The number of hydrogen-bond donors (Lipinski definition) is 2. The molecule has 0 aromatic heterocycles. The molecule has 0 saturated heterocycles. The van der Waals surface area contributed by atoms with Crippen LogP contribution in [0.2, 0.25) is 0 Å². The van der Waals surface area contributed by atoms with Crippen molar-refractivity contribution in [2.24, 2.45) is 17.0 Å². The molecule has 0 aromatic carbocycles. The molecule has 17 heavy (non-hydrogen) atoms. The molecule has 0 aliphatic heterocycles. The van der Waals surface area contributed by atoms with Crippen LogP contribution < -0.4 is 5.32 Å². The van der Waals surface area contributed by atoms with Gasteiger partial charge < -0.3 is 10.4 Å². The first-order valence-electron chi connectivity index (χ1n) is 6.01. The Morgan fingerprint density at radius 3 is 2.76 bits per heavy atom. The van der Waals surface area contributed by atoms with Crippen LogP contribution in [0.5, 0.6) is 0 Å². The Kier molecular flexibility index (Phi) is 4.78. The zero-order valence-corrected chi connectivity index (χ0v) is 10.4. The maximum absolute atomic E-state index is 11.2. The number of nitrogens with one attached hydrogen (secondary N) is 1. The summed E-state index contributed by atoms with van der Waals surface area (Å²) in [5, 5.41) is 15.8. The smallest absolute Gasteiger partial charge is 0.323 e. The van der Waals surface area contributed by atoms with Gasteiger partial charge in [-0.25, -0.2) is 0 Å². The molecule has 96 valence electrons. The lowest BCUT2D eigenvalue weighted by Gasteiger charge is -2.47. The third kappa shape index (κ3) is 3.35. The fourth-order valence-electron chi connectivity index (χ4n) is 2.22. The standard InChI is InChI=1S/C11H20N4O2/c1-8(2)9-6-11(7-9,10(16)17)13-4-3-5-14-15-12/h8-9,13H,3-7H2,1-2H3,(H,16,17). The lowest BCUT2D eigenvalue weighted by Crippen LogP contribution is -2.61. The Morgan fingerprint density at radius 2 is 2.29 bits per heavy atom. The van der Waals surface area contributed by atoms with Crippen molar-refractivity contribution in [3.63, 3.8) is 0 Å². The Balaban J connectivity index is 2.36. The Hall–Kier alpha value is -1.26.